The van der Waals surface area contributed by atoms with Crippen LogP contribution in [0.25, 0.3) is 0 Å². The number of carbonyl (C=O) groups is 1. The van der Waals surface area contributed by atoms with Crippen molar-refractivity contribution >= 4 is 17.7 Å². The molecule has 0 spiro atoms. The number of carboxylic acids is 1. The Kier molecular flexibility index (Phi) is 3.65. The van der Waals surface area contributed by atoms with Gasteiger partial charge in [-0.1, -0.05) is 0 Å². The molecule has 3 nitrogen and oxygen atoms in total. The summed E-state index contributed by atoms with van der Waals surface area (Å²) in [6.45, 7) is 0. The lowest BCUT2D eigenvalue weighted by molar-refractivity contribution is -0.138. The molecule has 1 rings (SSSR count). The highest BCUT2D eigenvalue weighted by atomic mass is 32.2. The Morgan fingerprint density at radius 3 is 2.60 bits per heavy atom. The number of rotatable bonds is 3. The van der Waals surface area contributed by atoms with Crippen LogP contribution in [-0.4, -0.2) is 17.3 Å². The highest BCUT2D eigenvalue weighted by Crippen LogP contribution is 2.27. The number of halogens is 2. The summed E-state index contributed by atoms with van der Waals surface area (Å²) in [6.07, 6.45) is 1.60. The molecule has 6 heteroatoms. The van der Waals surface area contributed by atoms with Gasteiger partial charge < -0.3 is 10.8 Å². The first-order valence-electron chi connectivity index (χ1n) is 3.99. The summed E-state index contributed by atoms with van der Waals surface area (Å²) in [5, 5.41) is 8.58. The van der Waals surface area contributed by atoms with Gasteiger partial charge >= 0.3 is 5.97 Å². The van der Waals surface area contributed by atoms with Crippen LogP contribution < -0.4 is 5.73 Å². The molecule has 1 unspecified atom stereocenters. The van der Waals surface area contributed by atoms with Crippen molar-refractivity contribution in [2.45, 2.75) is 10.9 Å². The molecule has 0 aromatic heterocycles. The van der Waals surface area contributed by atoms with Crippen molar-refractivity contribution in [2.24, 2.45) is 5.73 Å². The predicted molar refractivity (Wildman–Crippen MR) is 52.7 cm³/mol. The topological polar surface area (TPSA) is 63.3 Å². The van der Waals surface area contributed by atoms with Crippen LogP contribution in [0.4, 0.5) is 8.78 Å². The largest absolute Gasteiger partial charge is 0.480 e. The summed E-state index contributed by atoms with van der Waals surface area (Å²) >= 11 is 1.06. The second kappa shape index (κ2) is 4.59. The minimum absolute atomic E-state index is 0.170. The summed E-state index contributed by atoms with van der Waals surface area (Å²) in [5.41, 5.74) is 4.57. The molecule has 3 N–H and O–H groups in total. The van der Waals surface area contributed by atoms with E-state index < -0.39 is 29.2 Å². The SMILES string of the molecule is CSc1ccc(F)c(C(N)C(=O)O)c1F. The van der Waals surface area contributed by atoms with Crippen molar-refractivity contribution in [3.63, 3.8) is 0 Å². The van der Waals surface area contributed by atoms with Gasteiger partial charge in [0.2, 0.25) is 0 Å². The van der Waals surface area contributed by atoms with Gasteiger partial charge in [0.1, 0.15) is 17.7 Å². The zero-order chi connectivity index (χ0) is 11.6. The Labute approximate surface area is 89.3 Å². The van der Waals surface area contributed by atoms with E-state index >= 15 is 0 Å². The van der Waals surface area contributed by atoms with Crippen molar-refractivity contribution in [2.75, 3.05) is 6.26 Å². The molecule has 82 valence electrons. The number of nitrogens with two attached hydrogens (primary N) is 1. The molecule has 0 saturated carbocycles. The second-order valence-corrected chi connectivity index (χ2v) is 3.64. The van der Waals surface area contributed by atoms with E-state index in [0.717, 1.165) is 17.8 Å². The summed E-state index contributed by atoms with van der Waals surface area (Å²) < 4.78 is 26.7. The smallest absolute Gasteiger partial charge is 0.325 e. The average molecular weight is 233 g/mol. The van der Waals surface area contributed by atoms with Gasteiger partial charge in [0.15, 0.2) is 0 Å². The Hall–Kier alpha value is -1.14. The molecular weight excluding hydrogens is 224 g/mol. The molecule has 0 radical (unpaired) electrons. The van der Waals surface area contributed by atoms with E-state index in [0.29, 0.717) is 0 Å². The van der Waals surface area contributed by atoms with Crippen LogP contribution in [0.2, 0.25) is 0 Å². The zero-order valence-corrected chi connectivity index (χ0v) is 8.65. The van der Waals surface area contributed by atoms with Gasteiger partial charge in [-0.2, -0.15) is 0 Å². The van der Waals surface area contributed by atoms with E-state index in [1.54, 1.807) is 6.26 Å². The normalized spacial score (nSPS) is 12.5. The van der Waals surface area contributed by atoms with Gasteiger partial charge in [-0.15, -0.1) is 11.8 Å². The van der Waals surface area contributed by atoms with Crippen LogP contribution in [0.5, 0.6) is 0 Å². The number of carboxylic acid groups (broad SMARTS) is 1. The first-order valence-corrected chi connectivity index (χ1v) is 5.21. The molecule has 0 heterocycles. The van der Waals surface area contributed by atoms with E-state index in [1.807, 2.05) is 0 Å². The summed E-state index contributed by atoms with van der Waals surface area (Å²) in [7, 11) is 0. The molecule has 0 aliphatic heterocycles. The molecule has 0 amide bonds. The summed E-state index contributed by atoms with van der Waals surface area (Å²) in [4.78, 5) is 10.7. The summed E-state index contributed by atoms with van der Waals surface area (Å²) in [6, 6.07) is 0.567. The van der Waals surface area contributed by atoms with E-state index in [4.69, 9.17) is 10.8 Å². The maximum Gasteiger partial charge on any atom is 0.325 e. The van der Waals surface area contributed by atoms with E-state index in [9.17, 15) is 13.6 Å². The minimum atomic E-state index is -1.68. The number of aliphatic carboxylic acids is 1. The zero-order valence-electron chi connectivity index (χ0n) is 7.83. The molecule has 0 aliphatic rings. The molecule has 0 aliphatic carbocycles. The minimum Gasteiger partial charge on any atom is -0.480 e. The van der Waals surface area contributed by atoms with Gasteiger partial charge in [-0.25, -0.2) is 8.78 Å². The number of hydrogen-bond acceptors (Lipinski definition) is 3. The lowest BCUT2D eigenvalue weighted by Crippen LogP contribution is -2.23. The van der Waals surface area contributed by atoms with Gasteiger partial charge in [0.25, 0.3) is 0 Å². The van der Waals surface area contributed by atoms with Crippen molar-refractivity contribution in [3.8, 4) is 0 Å². The third-order valence-corrected chi connectivity index (χ3v) is 2.64. The first-order chi connectivity index (χ1) is 6.99. The molecule has 0 fully saturated rings. The van der Waals surface area contributed by atoms with E-state index in [1.165, 1.54) is 6.07 Å². The number of benzene rings is 1. The maximum absolute atomic E-state index is 13.5. The maximum atomic E-state index is 13.5. The Morgan fingerprint density at radius 2 is 2.13 bits per heavy atom. The lowest BCUT2D eigenvalue weighted by Gasteiger charge is -2.11. The summed E-state index contributed by atoms with van der Waals surface area (Å²) in [5.74, 6) is -3.32. The standard InChI is InChI=1S/C9H9F2NO2S/c1-15-5-3-2-4(10)6(7(5)11)8(12)9(13)14/h2-3,8H,12H2,1H3,(H,13,14). The van der Waals surface area contributed by atoms with Crippen molar-refractivity contribution in [1.29, 1.82) is 0 Å². The number of thioether (sulfide) groups is 1. The van der Waals surface area contributed by atoms with Crippen LogP contribution in [-0.2, 0) is 4.79 Å². The van der Waals surface area contributed by atoms with Crippen LogP contribution in [0.3, 0.4) is 0 Å². The molecule has 15 heavy (non-hydrogen) atoms. The molecule has 0 saturated heterocycles. The van der Waals surface area contributed by atoms with Gasteiger partial charge in [0.05, 0.1) is 5.56 Å². The second-order valence-electron chi connectivity index (χ2n) is 2.79. The van der Waals surface area contributed by atoms with Crippen LogP contribution in [0.15, 0.2) is 17.0 Å². The monoisotopic (exact) mass is 233 g/mol. The Balaban J connectivity index is 3.32. The van der Waals surface area contributed by atoms with Crippen molar-refractivity contribution < 1.29 is 18.7 Å². The van der Waals surface area contributed by atoms with Crippen LogP contribution >= 0.6 is 11.8 Å². The third kappa shape index (κ3) is 2.27. The van der Waals surface area contributed by atoms with Crippen molar-refractivity contribution in [1.82, 2.24) is 0 Å². The van der Waals surface area contributed by atoms with Crippen LogP contribution in [0.1, 0.15) is 11.6 Å². The molecule has 0 bridgehead atoms. The Morgan fingerprint density at radius 1 is 1.53 bits per heavy atom. The third-order valence-electron chi connectivity index (χ3n) is 1.89. The highest BCUT2D eigenvalue weighted by Gasteiger charge is 2.24. The average Bonchev–Trinajstić information content (AvgIpc) is 2.17. The predicted octanol–water partition coefficient (Wildman–Crippen LogP) is 1.77. The molecular formula is C9H9F2NO2S. The molecule has 1 atom stereocenters. The van der Waals surface area contributed by atoms with Crippen molar-refractivity contribution in [3.05, 3.63) is 29.3 Å². The quantitative estimate of drug-likeness (QED) is 0.781. The molecule has 1 aromatic rings. The van der Waals surface area contributed by atoms with E-state index in [-0.39, 0.29) is 4.90 Å². The number of hydrogen-bond donors (Lipinski definition) is 2. The van der Waals surface area contributed by atoms with Gasteiger partial charge in [-0.3, -0.25) is 4.79 Å². The fourth-order valence-corrected chi connectivity index (χ4v) is 1.61. The van der Waals surface area contributed by atoms with Gasteiger partial charge in [-0.05, 0) is 18.4 Å². The Bertz CT molecular complexity index is 398. The highest BCUT2D eigenvalue weighted by molar-refractivity contribution is 7.98. The van der Waals surface area contributed by atoms with Crippen LogP contribution in [0, 0.1) is 11.6 Å². The lowest BCUT2D eigenvalue weighted by atomic mass is 10.1. The molecule has 1 aromatic carbocycles. The van der Waals surface area contributed by atoms with Gasteiger partial charge in [0, 0.05) is 4.90 Å². The fraction of sp³-hybridized carbons (Fsp3) is 0.222. The fourth-order valence-electron chi connectivity index (χ4n) is 1.12. The first kappa shape index (κ1) is 11.9. The van der Waals surface area contributed by atoms with E-state index in [2.05, 4.69) is 0 Å².